The Morgan fingerprint density at radius 2 is 2.09 bits per heavy atom. The van der Waals surface area contributed by atoms with Crippen LogP contribution in [-0.4, -0.2) is 45.5 Å². The number of H-pyrrole nitrogens is 1. The zero-order valence-corrected chi connectivity index (χ0v) is 18.8. The summed E-state index contributed by atoms with van der Waals surface area (Å²) in [5, 5.41) is 4.65. The molecule has 9 nitrogen and oxygen atoms in total. The Kier molecular flexibility index (Phi) is 7.62. The predicted molar refractivity (Wildman–Crippen MR) is 124 cm³/mol. The average molecular weight is 476 g/mol. The number of hydrogen-bond acceptors (Lipinski definition) is 8. The van der Waals surface area contributed by atoms with Gasteiger partial charge in [-0.05, 0) is 35.9 Å². The molecule has 3 aromatic heterocycles. The van der Waals surface area contributed by atoms with Crippen LogP contribution in [0, 0.1) is 0 Å². The highest BCUT2D eigenvalue weighted by molar-refractivity contribution is 7.16. The van der Waals surface area contributed by atoms with E-state index in [-0.39, 0.29) is 43.0 Å². The molecule has 0 saturated carbocycles. The summed E-state index contributed by atoms with van der Waals surface area (Å²) in [4.78, 5) is 29.7. The van der Waals surface area contributed by atoms with Crippen molar-refractivity contribution in [1.29, 1.82) is 0 Å². The van der Waals surface area contributed by atoms with Gasteiger partial charge in [-0.1, -0.05) is 24.3 Å². The summed E-state index contributed by atoms with van der Waals surface area (Å²) in [6.45, 7) is 2.27. The van der Waals surface area contributed by atoms with Crippen LogP contribution in [0.25, 0.3) is 16.0 Å². The van der Waals surface area contributed by atoms with Gasteiger partial charge in [0.1, 0.15) is 19.0 Å². The maximum Gasteiger partial charge on any atom is 0.319 e. The lowest BCUT2D eigenvalue weighted by atomic mass is 9.98. The van der Waals surface area contributed by atoms with Crippen molar-refractivity contribution in [2.24, 2.45) is 5.73 Å². The van der Waals surface area contributed by atoms with Crippen molar-refractivity contribution in [2.75, 3.05) is 19.8 Å². The second-order valence-electron chi connectivity index (χ2n) is 6.80. The Morgan fingerprint density at radius 3 is 2.84 bits per heavy atom. The van der Waals surface area contributed by atoms with Gasteiger partial charge in [0.25, 0.3) is 0 Å². The number of esters is 1. The summed E-state index contributed by atoms with van der Waals surface area (Å²) in [5.74, 6) is 0.804. The number of thiazole rings is 1. The number of pyridine rings is 1. The smallest absolute Gasteiger partial charge is 0.319 e. The number of ether oxygens (including phenoxy) is 2. The highest BCUT2D eigenvalue weighted by Gasteiger charge is 2.14. The van der Waals surface area contributed by atoms with Crippen LogP contribution in [0.3, 0.4) is 0 Å². The SMILES string of the molecule is C[C@@H](c1ccc2[nH]c(=O)sc2c1)c1ccn(-c2ccc(OCCOC(=O)CN)cn2)n1.Cl. The second kappa shape index (κ2) is 10.4. The van der Waals surface area contributed by atoms with Gasteiger partial charge in [-0.15, -0.1) is 12.4 Å². The van der Waals surface area contributed by atoms with Crippen LogP contribution in [-0.2, 0) is 9.53 Å². The Bertz CT molecular complexity index is 1250. The number of fused-ring (bicyclic) bond motifs is 1. The number of aromatic amines is 1. The van der Waals surface area contributed by atoms with Crippen molar-refractivity contribution in [3.8, 4) is 11.6 Å². The molecule has 0 unspecified atom stereocenters. The molecule has 0 fully saturated rings. The first-order valence-electron chi connectivity index (χ1n) is 9.67. The lowest BCUT2D eigenvalue weighted by Crippen LogP contribution is -2.19. The number of nitrogens with zero attached hydrogens (tertiary/aromatic N) is 3. The first-order valence-corrected chi connectivity index (χ1v) is 10.5. The van der Waals surface area contributed by atoms with E-state index in [9.17, 15) is 9.59 Å². The van der Waals surface area contributed by atoms with Gasteiger partial charge in [0, 0.05) is 12.1 Å². The topological polar surface area (TPSA) is 125 Å². The molecule has 0 aliphatic carbocycles. The number of rotatable bonds is 8. The molecule has 168 valence electrons. The fourth-order valence-corrected chi connectivity index (χ4v) is 3.85. The van der Waals surface area contributed by atoms with E-state index in [1.165, 1.54) is 11.3 Å². The zero-order valence-electron chi connectivity index (χ0n) is 17.2. The van der Waals surface area contributed by atoms with Gasteiger partial charge < -0.3 is 20.2 Å². The maximum absolute atomic E-state index is 11.5. The Balaban J connectivity index is 0.00000289. The summed E-state index contributed by atoms with van der Waals surface area (Å²) >= 11 is 1.20. The molecule has 3 heterocycles. The summed E-state index contributed by atoms with van der Waals surface area (Å²) in [7, 11) is 0. The standard InChI is InChI=1S/C21H21N5O4S.ClH/c1-13(14-2-4-17-18(10-14)31-21(28)24-17)16-6-7-26(25-16)19-5-3-15(12-23-19)29-8-9-30-20(27)11-22;/h2-7,10,12-13H,8-9,11,22H2,1H3,(H,24,28);1H/t13-;/m0./s1. The van der Waals surface area contributed by atoms with Crippen LogP contribution in [0.1, 0.15) is 24.1 Å². The third-order valence-electron chi connectivity index (χ3n) is 4.74. The van der Waals surface area contributed by atoms with Crippen LogP contribution in [0.5, 0.6) is 5.75 Å². The molecule has 0 amide bonds. The number of carbonyl (C=O) groups excluding carboxylic acids is 1. The van der Waals surface area contributed by atoms with Crippen LogP contribution in [0.2, 0.25) is 0 Å². The molecule has 11 heteroatoms. The second-order valence-corrected chi connectivity index (χ2v) is 7.82. The molecule has 0 bridgehead atoms. The molecule has 0 aliphatic heterocycles. The highest BCUT2D eigenvalue weighted by Crippen LogP contribution is 2.27. The molecule has 1 atom stereocenters. The van der Waals surface area contributed by atoms with Crippen molar-refractivity contribution < 1.29 is 14.3 Å². The molecule has 1 aromatic carbocycles. The van der Waals surface area contributed by atoms with Gasteiger partial charge in [-0.2, -0.15) is 5.10 Å². The largest absolute Gasteiger partial charge is 0.488 e. The Hall–Kier alpha value is -3.21. The first-order chi connectivity index (χ1) is 15.0. The molecule has 4 rings (SSSR count). The fraction of sp³-hybridized carbons (Fsp3) is 0.238. The van der Waals surface area contributed by atoms with Crippen LogP contribution in [0.15, 0.2) is 53.6 Å². The molecule has 0 spiro atoms. The van der Waals surface area contributed by atoms with E-state index in [1.807, 2.05) is 30.5 Å². The lowest BCUT2D eigenvalue weighted by molar-refractivity contribution is -0.142. The third-order valence-corrected chi connectivity index (χ3v) is 5.58. The van der Waals surface area contributed by atoms with E-state index in [4.69, 9.17) is 15.2 Å². The number of aromatic nitrogens is 4. The van der Waals surface area contributed by atoms with Gasteiger partial charge in [0.05, 0.1) is 28.7 Å². The normalized spacial score (nSPS) is 11.7. The average Bonchev–Trinajstić information content (AvgIpc) is 3.42. The number of nitrogens with one attached hydrogen (secondary N) is 1. The van der Waals surface area contributed by atoms with Crippen LogP contribution < -0.4 is 15.3 Å². The van der Waals surface area contributed by atoms with E-state index >= 15 is 0 Å². The minimum atomic E-state index is -0.468. The minimum absolute atomic E-state index is 0. The number of benzene rings is 1. The van der Waals surface area contributed by atoms with E-state index in [0.29, 0.717) is 11.6 Å². The molecule has 32 heavy (non-hydrogen) atoms. The fourth-order valence-electron chi connectivity index (χ4n) is 3.07. The highest BCUT2D eigenvalue weighted by atomic mass is 35.5. The van der Waals surface area contributed by atoms with Gasteiger partial charge >= 0.3 is 10.8 Å². The number of hydrogen-bond donors (Lipinski definition) is 2. The molecular formula is C21H22ClN5O4S. The monoisotopic (exact) mass is 475 g/mol. The summed E-state index contributed by atoms with van der Waals surface area (Å²) in [6.07, 6.45) is 3.45. The maximum atomic E-state index is 11.5. The number of nitrogens with two attached hydrogens (primary N) is 1. The minimum Gasteiger partial charge on any atom is -0.488 e. The third kappa shape index (κ3) is 5.34. The van der Waals surface area contributed by atoms with E-state index in [1.54, 1.807) is 23.0 Å². The molecule has 3 N–H and O–H groups in total. The van der Waals surface area contributed by atoms with E-state index in [2.05, 4.69) is 22.0 Å². The van der Waals surface area contributed by atoms with Crippen molar-refractivity contribution in [2.45, 2.75) is 12.8 Å². The number of halogens is 1. The molecular weight excluding hydrogens is 454 g/mol. The van der Waals surface area contributed by atoms with E-state index in [0.717, 1.165) is 21.5 Å². The van der Waals surface area contributed by atoms with Gasteiger partial charge in [0.15, 0.2) is 5.82 Å². The summed E-state index contributed by atoms with van der Waals surface area (Å²) < 4.78 is 13.0. The Morgan fingerprint density at radius 1 is 1.25 bits per heavy atom. The molecule has 0 saturated heterocycles. The van der Waals surface area contributed by atoms with Crippen molar-refractivity contribution in [3.63, 3.8) is 0 Å². The van der Waals surface area contributed by atoms with E-state index < -0.39 is 5.97 Å². The first kappa shape index (κ1) is 23.5. The van der Waals surface area contributed by atoms with Gasteiger partial charge in [-0.3, -0.25) is 9.59 Å². The Labute approximate surface area is 193 Å². The molecule has 0 aliphatic rings. The van der Waals surface area contributed by atoms with Crippen molar-refractivity contribution >= 4 is 39.9 Å². The lowest BCUT2D eigenvalue weighted by Gasteiger charge is -2.09. The summed E-state index contributed by atoms with van der Waals surface area (Å²) in [6, 6.07) is 11.5. The van der Waals surface area contributed by atoms with Gasteiger partial charge in [-0.25, -0.2) is 9.67 Å². The number of carbonyl (C=O) groups is 1. The van der Waals surface area contributed by atoms with Gasteiger partial charge in [0.2, 0.25) is 0 Å². The molecule has 0 radical (unpaired) electrons. The van der Waals surface area contributed by atoms with Crippen molar-refractivity contribution in [3.05, 3.63) is 69.7 Å². The predicted octanol–water partition coefficient (Wildman–Crippen LogP) is 2.62. The van der Waals surface area contributed by atoms with Crippen LogP contribution in [0.4, 0.5) is 0 Å². The zero-order chi connectivity index (χ0) is 21.8. The van der Waals surface area contributed by atoms with Crippen LogP contribution >= 0.6 is 23.7 Å². The summed E-state index contributed by atoms with van der Waals surface area (Å²) in [5.41, 5.74) is 7.99. The molecule has 4 aromatic rings. The quantitative estimate of drug-likeness (QED) is 0.296. The van der Waals surface area contributed by atoms with Crippen molar-refractivity contribution in [1.82, 2.24) is 19.7 Å².